The fourth-order valence-corrected chi connectivity index (χ4v) is 2.41. The van der Waals surface area contributed by atoms with Crippen LogP contribution >= 0.6 is 11.6 Å². The van der Waals surface area contributed by atoms with E-state index in [0.717, 1.165) is 18.9 Å². The minimum Gasteiger partial charge on any atom is -0.356 e. The molecule has 0 aliphatic carbocycles. The first-order chi connectivity index (χ1) is 9.19. The molecule has 0 aliphatic rings. The van der Waals surface area contributed by atoms with Crippen LogP contribution in [0.3, 0.4) is 0 Å². The molecular weight excluding hydrogens is 262 g/mol. The van der Waals surface area contributed by atoms with Crippen LogP contribution < -0.4 is 4.90 Å². The predicted molar refractivity (Wildman–Crippen MR) is 77.8 cm³/mol. The lowest BCUT2D eigenvalue weighted by molar-refractivity contribution is 0.483. The van der Waals surface area contributed by atoms with E-state index in [1.807, 2.05) is 6.07 Å². The van der Waals surface area contributed by atoms with Crippen LogP contribution in [0, 0.1) is 5.92 Å². The first kappa shape index (κ1) is 14.1. The molecule has 104 valence electrons. The second-order valence-electron chi connectivity index (χ2n) is 4.63. The number of hydrogen-bond donors (Lipinski definition) is 0. The van der Waals surface area contributed by atoms with Crippen molar-refractivity contribution in [2.24, 2.45) is 5.92 Å². The summed E-state index contributed by atoms with van der Waals surface area (Å²) in [6, 6.07) is 1.86. The maximum absolute atomic E-state index is 6.07. The Morgan fingerprint density at radius 1 is 1.32 bits per heavy atom. The van der Waals surface area contributed by atoms with Crippen molar-refractivity contribution < 1.29 is 0 Å². The minimum absolute atomic E-state index is 0.457. The maximum atomic E-state index is 6.07. The van der Waals surface area contributed by atoms with E-state index >= 15 is 0 Å². The number of hydrogen-bond acceptors (Lipinski definition) is 4. The Balaban J connectivity index is 2.36. The van der Waals surface area contributed by atoms with Gasteiger partial charge in [-0.25, -0.2) is 0 Å². The number of rotatable bonds is 6. The van der Waals surface area contributed by atoms with Crippen LogP contribution in [0.25, 0.3) is 5.78 Å². The van der Waals surface area contributed by atoms with Gasteiger partial charge in [0, 0.05) is 19.2 Å². The molecule has 0 radical (unpaired) electrons. The zero-order chi connectivity index (χ0) is 13.8. The lowest BCUT2D eigenvalue weighted by Crippen LogP contribution is -2.30. The van der Waals surface area contributed by atoms with E-state index in [9.17, 15) is 0 Å². The quantitative estimate of drug-likeness (QED) is 0.764. The van der Waals surface area contributed by atoms with Crippen molar-refractivity contribution in [3.63, 3.8) is 0 Å². The smallest absolute Gasteiger partial charge is 0.255 e. The molecule has 2 aromatic heterocycles. The van der Waals surface area contributed by atoms with Gasteiger partial charge >= 0.3 is 0 Å². The van der Waals surface area contributed by atoms with Gasteiger partial charge in [0.15, 0.2) is 0 Å². The van der Waals surface area contributed by atoms with Crippen molar-refractivity contribution in [1.82, 2.24) is 19.6 Å². The number of anilines is 1. The van der Waals surface area contributed by atoms with Gasteiger partial charge in [0.05, 0.1) is 0 Å². The van der Waals surface area contributed by atoms with Gasteiger partial charge in [0.2, 0.25) is 0 Å². The molecule has 0 saturated carbocycles. The predicted octanol–water partition coefficient (Wildman–Crippen LogP) is 3.04. The third-order valence-corrected chi connectivity index (χ3v) is 3.73. The minimum atomic E-state index is 0.457. The van der Waals surface area contributed by atoms with E-state index in [-0.39, 0.29) is 0 Å². The van der Waals surface area contributed by atoms with Crippen molar-refractivity contribution in [1.29, 1.82) is 0 Å². The van der Waals surface area contributed by atoms with Gasteiger partial charge in [-0.15, -0.1) is 0 Å². The normalized spacial score (nSPS) is 11.4. The fraction of sp³-hybridized carbons (Fsp3) is 0.615. The third kappa shape index (κ3) is 2.97. The fourth-order valence-electron chi connectivity index (χ4n) is 2.24. The van der Waals surface area contributed by atoms with Crippen LogP contribution in [-0.4, -0.2) is 32.7 Å². The highest BCUT2D eigenvalue weighted by Crippen LogP contribution is 2.21. The average Bonchev–Trinajstić information content (AvgIpc) is 2.87. The summed E-state index contributed by atoms with van der Waals surface area (Å²) in [6.07, 6.45) is 3.85. The van der Waals surface area contributed by atoms with Crippen LogP contribution in [-0.2, 0) is 0 Å². The molecule has 0 aliphatic heterocycles. The Labute approximate surface area is 118 Å². The molecule has 0 spiro atoms. The molecule has 0 N–H and O–H groups in total. The largest absolute Gasteiger partial charge is 0.356 e. The summed E-state index contributed by atoms with van der Waals surface area (Å²) in [5.74, 6) is 2.18. The summed E-state index contributed by atoms with van der Waals surface area (Å²) in [6.45, 7) is 8.50. The first-order valence-corrected chi connectivity index (χ1v) is 7.18. The summed E-state index contributed by atoms with van der Waals surface area (Å²) in [4.78, 5) is 10.6. The molecule has 2 heterocycles. The van der Waals surface area contributed by atoms with Crippen molar-refractivity contribution in [3.05, 3.63) is 17.5 Å². The Morgan fingerprint density at radius 2 is 2.05 bits per heavy atom. The Bertz CT molecular complexity index is 535. The van der Waals surface area contributed by atoms with Gasteiger partial charge in [-0.3, -0.25) is 0 Å². The van der Waals surface area contributed by atoms with Crippen LogP contribution in [0.2, 0.25) is 5.15 Å². The van der Waals surface area contributed by atoms with E-state index in [2.05, 4.69) is 40.7 Å². The van der Waals surface area contributed by atoms with E-state index in [0.29, 0.717) is 16.8 Å². The molecule has 2 aromatic rings. The van der Waals surface area contributed by atoms with E-state index < -0.39 is 0 Å². The number of halogens is 1. The highest BCUT2D eigenvalue weighted by molar-refractivity contribution is 6.29. The molecule has 5 nitrogen and oxygen atoms in total. The molecule has 0 saturated heterocycles. The maximum Gasteiger partial charge on any atom is 0.255 e. The van der Waals surface area contributed by atoms with Gasteiger partial charge in [-0.2, -0.15) is 19.6 Å². The number of aromatic nitrogens is 4. The lowest BCUT2D eigenvalue weighted by atomic mass is 10.0. The number of nitrogens with zero attached hydrogens (tertiary/aromatic N) is 5. The molecule has 0 bridgehead atoms. The van der Waals surface area contributed by atoms with Crippen LogP contribution in [0.15, 0.2) is 12.4 Å². The molecule has 0 unspecified atom stereocenters. The molecule has 0 fully saturated rings. The topological polar surface area (TPSA) is 46.3 Å². The zero-order valence-corrected chi connectivity index (χ0v) is 12.4. The van der Waals surface area contributed by atoms with Gasteiger partial charge in [-0.1, -0.05) is 38.3 Å². The highest BCUT2D eigenvalue weighted by atomic mass is 35.5. The van der Waals surface area contributed by atoms with Crippen molar-refractivity contribution in [3.8, 4) is 0 Å². The van der Waals surface area contributed by atoms with Crippen LogP contribution in [0.1, 0.15) is 33.6 Å². The Hall–Kier alpha value is -1.36. The Kier molecular flexibility index (Phi) is 4.58. The molecular formula is C13H20ClN5. The first-order valence-electron chi connectivity index (χ1n) is 6.80. The van der Waals surface area contributed by atoms with Crippen molar-refractivity contribution in [2.75, 3.05) is 18.0 Å². The molecule has 0 amide bonds. The summed E-state index contributed by atoms with van der Waals surface area (Å²) in [7, 11) is 0. The summed E-state index contributed by atoms with van der Waals surface area (Å²) in [5, 5.41) is 4.69. The Morgan fingerprint density at radius 3 is 2.68 bits per heavy atom. The molecule has 6 heteroatoms. The second kappa shape index (κ2) is 6.19. The van der Waals surface area contributed by atoms with Gasteiger partial charge < -0.3 is 4.90 Å². The highest BCUT2D eigenvalue weighted by Gasteiger charge is 2.15. The van der Waals surface area contributed by atoms with E-state index in [1.165, 1.54) is 19.2 Å². The van der Waals surface area contributed by atoms with Gasteiger partial charge in [-0.05, 0) is 12.8 Å². The summed E-state index contributed by atoms with van der Waals surface area (Å²) < 4.78 is 1.75. The molecule has 0 aromatic carbocycles. The summed E-state index contributed by atoms with van der Waals surface area (Å²) in [5.41, 5.74) is 0. The SMILES string of the molecule is CCC(CC)CN(CC)c1cc(Cl)nc2ncnn12. The standard InChI is InChI=1S/C13H20ClN5/c1-4-10(5-2)8-18(6-3)12-7-11(14)17-13-15-9-16-19(12)13/h7,9-10H,4-6,8H2,1-3H3. The van der Waals surface area contributed by atoms with Gasteiger partial charge in [0.25, 0.3) is 5.78 Å². The van der Waals surface area contributed by atoms with Crippen LogP contribution in [0.4, 0.5) is 5.82 Å². The van der Waals surface area contributed by atoms with Crippen molar-refractivity contribution >= 4 is 23.2 Å². The van der Waals surface area contributed by atoms with E-state index in [4.69, 9.17) is 11.6 Å². The van der Waals surface area contributed by atoms with E-state index in [1.54, 1.807) is 4.52 Å². The second-order valence-corrected chi connectivity index (χ2v) is 5.02. The number of fused-ring (bicyclic) bond motifs is 1. The van der Waals surface area contributed by atoms with Crippen LogP contribution in [0.5, 0.6) is 0 Å². The van der Waals surface area contributed by atoms with Gasteiger partial charge in [0.1, 0.15) is 17.3 Å². The third-order valence-electron chi connectivity index (χ3n) is 3.54. The zero-order valence-electron chi connectivity index (χ0n) is 11.7. The van der Waals surface area contributed by atoms with Crippen molar-refractivity contribution in [2.45, 2.75) is 33.6 Å². The molecule has 2 rings (SSSR count). The monoisotopic (exact) mass is 281 g/mol. The average molecular weight is 282 g/mol. The lowest BCUT2D eigenvalue weighted by Gasteiger charge is -2.27. The summed E-state index contributed by atoms with van der Waals surface area (Å²) >= 11 is 6.07. The molecule has 19 heavy (non-hydrogen) atoms. The molecule has 0 atom stereocenters.